The third-order valence-electron chi connectivity index (χ3n) is 3.69. The van der Waals surface area contributed by atoms with Gasteiger partial charge < -0.3 is 10.6 Å². The Balaban J connectivity index is 0.00000338. The van der Waals surface area contributed by atoms with E-state index in [0.29, 0.717) is 35.9 Å². The standard InChI is InChI=1S/C18H22FN3O2S.HI/c1-20-18(22-13-15-5-3-4-6-17(15)19)21-12-11-14-7-9-16(10-8-14)25(2,23)24;/h3-10H,11-13H2,1-2H3,(H2,20,21,22);1H. The molecular formula is C18H23FIN3O2S. The van der Waals surface area contributed by atoms with Crippen LogP contribution in [0.2, 0.25) is 0 Å². The van der Waals surface area contributed by atoms with Crippen LogP contribution in [0.3, 0.4) is 0 Å². The fourth-order valence-electron chi connectivity index (χ4n) is 2.27. The Labute approximate surface area is 171 Å². The van der Waals surface area contributed by atoms with E-state index in [2.05, 4.69) is 15.6 Å². The fraction of sp³-hybridized carbons (Fsp3) is 0.278. The summed E-state index contributed by atoms with van der Waals surface area (Å²) in [5, 5.41) is 6.21. The molecule has 5 nitrogen and oxygen atoms in total. The molecular weight excluding hydrogens is 468 g/mol. The molecule has 0 unspecified atom stereocenters. The SMILES string of the molecule is CN=C(NCCc1ccc(S(C)(=O)=O)cc1)NCc1ccccc1F.I. The van der Waals surface area contributed by atoms with Gasteiger partial charge in [0.1, 0.15) is 5.82 Å². The van der Waals surface area contributed by atoms with E-state index in [0.717, 1.165) is 5.56 Å². The van der Waals surface area contributed by atoms with Crippen molar-refractivity contribution >= 4 is 39.8 Å². The topological polar surface area (TPSA) is 70.6 Å². The second-order valence-electron chi connectivity index (χ2n) is 5.61. The average Bonchev–Trinajstić information content (AvgIpc) is 2.59. The maximum atomic E-state index is 13.6. The van der Waals surface area contributed by atoms with Crippen molar-refractivity contribution in [3.05, 3.63) is 65.5 Å². The van der Waals surface area contributed by atoms with Crippen molar-refractivity contribution in [3.8, 4) is 0 Å². The zero-order chi connectivity index (χ0) is 18.3. The van der Waals surface area contributed by atoms with E-state index >= 15 is 0 Å². The number of hydrogen-bond acceptors (Lipinski definition) is 3. The molecule has 0 aliphatic rings. The largest absolute Gasteiger partial charge is 0.356 e. The molecule has 0 aromatic heterocycles. The number of benzene rings is 2. The van der Waals surface area contributed by atoms with E-state index in [4.69, 9.17) is 0 Å². The molecule has 2 N–H and O–H groups in total. The molecule has 0 amide bonds. The summed E-state index contributed by atoms with van der Waals surface area (Å²) in [7, 11) is -1.52. The molecule has 0 fully saturated rings. The molecule has 26 heavy (non-hydrogen) atoms. The fourth-order valence-corrected chi connectivity index (χ4v) is 2.90. The highest BCUT2D eigenvalue weighted by Gasteiger charge is 2.06. The quantitative estimate of drug-likeness (QED) is 0.371. The van der Waals surface area contributed by atoms with Gasteiger partial charge >= 0.3 is 0 Å². The van der Waals surface area contributed by atoms with Crippen LogP contribution in [0, 0.1) is 5.82 Å². The summed E-state index contributed by atoms with van der Waals surface area (Å²) in [5.41, 5.74) is 1.59. The summed E-state index contributed by atoms with van der Waals surface area (Å²) in [6.45, 7) is 0.963. The minimum absolute atomic E-state index is 0. The molecule has 0 heterocycles. The van der Waals surface area contributed by atoms with Crippen molar-refractivity contribution in [1.82, 2.24) is 10.6 Å². The molecule has 2 rings (SSSR count). The van der Waals surface area contributed by atoms with Crippen molar-refractivity contribution in [3.63, 3.8) is 0 Å². The van der Waals surface area contributed by atoms with Crippen LogP contribution in [-0.4, -0.2) is 34.2 Å². The molecule has 0 aliphatic carbocycles. The molecule has 0 saturated carbocycles. The Morgan fingerprint density at radius 3 is 2.31 bits per heavy atom. The lowest BCUT2D eigenvalue weighted by atomic mass is 10.1. The summed E-state index contributed by atoms with van der Waals surface area (Å²) in [6, 6.07) is 13.4. The van der Waals surface area contributed by atoms with Gasteiger partial charge in [-0.25, -0.2) is 12.8 Å². The van der Waals surface area contributed by atoms with Gasteiger partial charge in [-0.1, -0.05) is 30.3 Å². The van der Waals surface area contributed by atoms with Gasteiger partial charge in [-0.05, 0) is 30.2 Å². The summed E-state index contributed by atoms with van der Waals surface area (Å²) < 4.78 is 36.5. The first-order chi connectivity index (χ1) is 11.9. The smallest absolute Gasteiger partial charge is 0.191 e. The summed E-state index contributed by atoms with van der Waals surface area (Å²) in [4.78, 5) is 4.41. The maximum absolute atomic E-state index is 13.6. The lowest BCUT2D eigenvalue weighted by Gasteiger charge is -2.12. The zero-order valence-corrected chi connectivity index (χ0v) is 17.8. The lowest BCUT2D eigenvalue weighted by Crippen LogP contribution is -2.38. The van der Waals surface area contributed by atoms with Crippen LogP contribution >= 0.6 is 24.0 Å². The van der Waals surface area contributed by atoms with E-state index in [1.807, 2.05) is 0 Å². The number of rotatable bonds is 6. The van der Waals surface area contributed by atoms with Gasteiger partial charge in [-0.15, -0.1) is 24.0 Å². The third kappa shape index (κ3) is 6.91. The summed E-state index contributed by atoms with van der Waals surface area (Å²) in [5.74, 6) is 0.326. The van der Waals surface area contributed by atoms with Crippen molar-refractivity contribution in [2.75, 3.05) is 19.8 Å². The van der Waals surface area contributed by atoms with Crippen molar-refractivity contribution in [1.29, 1.82) is 0 Å². The second-order valence-corrected chi connectivity index (χ2v) is 7.63. The first-order valence-electron chi connectivity index (χ1n) is 7.87. The Kier molecular flexibility index (Phi) is 9.00. The van der Waals surface area contributed by atoms with Crippen LogP contribution in [0.4, 0.5) is 4.39 Å². The van der Waals surface area contributed by atoms with Crippen LogP contribution in [0.1, 0.15) is 11.1 Å². The number of hydrogen-bond donors (Lipinski definition) is 2. The Hall–Kier alpha value is -1.68. The average molecular weight is 491 g/mol. The lowest BCUT2D eigenvalue weighted by molar-refractivity contribution is 0.601. The minimum Gasteiger partial charge on any atom is -0.356 e. The molecule has 0 atom stereocenters. The van der Waals surface area contributed by atoms with Crippen LogP contribution in [0.25, 0.3) is 0 Å². The van der Waals surface area contributed by atoms with E-state index in [1.165, 1.54) is 12.3 Å². The molecule has 0 bridgehead atoms. The number of halogens is 2. The first kappa shape index (κ1) is 22.4. The Bertz CT molecular complexity index is 840. The highest BCUT2D eigenvalue weighted by molar-refractivity contribution is 14.0. The van der Waals surface area contributed by atoms with Gasteiger partial charge in [0, 0.05) is 32.0 Å². The van der Waals surface area contributed by atoms with Gasteiger partial charge in [0.2, 0.25) is 0 Å². The normalized spacial score (nSPS) is 11.6. The monoisotopic (exact) mass is 491 g/mol. The Morgan fingerprint density at radius 1 is 1.08 bits per heavy atom. The highest BCUT2D eigenvalue weighted by Crippen LogP contribution is 2.10. The predicted molar refractivity (Wildman–Crippen MR) is 113 cm³/mol. The van der Waals surface area contributed by atoms with Gasteiger partial charge in [0.05, 0.1) is 4.90 Å². The van der Waals surface area contributed by atoms with E-state index in [1.54, 1.807) is 49.5 Å². The van der Waals surface area contributed by atoms with Gasteiger partial charge in [0.25, 0.3) is 0 Å². The predicted octanol–water partition coefficient (Wildman–Crippen LogP) is 2.75. The van der Waals surface area contributed by atoms with Crippen molar-refractivity contribution < 1.29 is 12.8 Å². The van der Waals surface area contributed by atoms with Gasteiger partial charge in [0.15, 0.2) is 15.8 Å². The molecule has 0 aliphatic heterocycles. The van der Waals surface area contributed by atoms with E-state index in [-0.39, 0.29) is 29.8 Å². The molecule has 0 spiro atoms. The first-order valence-corrected chi connectivity index (χ1v) is 9.76. The van der Waals surface area contributed by atoms with Gasteiger partial charge in [-0.3, -0.25) is 4.99 Å². The zero-order valence-electron chi connectivity index (χ0n) is 14.7. The Morgan fingerprint density at radius 2 is 1.73 bits per heavy atom. The number of nitrogens with one attached hydrogen (secondary N) is 2. The number of sulfone groups is 1. The minimum atomic E-state index is -3.17. The van der Waals surface area contributed by atoms with Crippen molar-refractivity contribution in [2.24, 2.45) is 4.99 Å². The van der Waals surface area contributed by atoms with Crippen LogP contribution in [-0.2, 0) is 22.8 Å². The maximum Gasteiger partial charge on any atom is 0.191 e. The van der Waals surface area contributed by atoms with Crippen LogP contribution < -0.4 is 10.6 Å². The van der Waals surface area contributed by atoms with Gasteiger partial charge in [-0.2, -0.15) is 0 Å². The molecule has 0 saturated heterocycles. The summed E-state index contributed by atoms with van der Waals surface area (Å²) in [6.07, 6.45) is 1.90. The van der Waals surface area contributed by atoms with E-state index in [9.17, 15) is 12.8 Å². The number of nitrogens with zero attached hydrogens (tertiary/aromatic N) is 1. The number of guanidine groups is 1. The molecule has 142 valence electrons. The molecule has 2 aromatic rings. The molecule has 2 aromatic carbocycles. The highest BCUT2D eigenvalue weighted by atomic mass is 127. The van der Waals surface area contributed by atoms with Crippen molar-refractivity contribution in [2.45, 2.75) is 17.9 Å². The molecule has 8 heteroatoms. The third-order valence-corrected chi connectivity index (χ3v) is 4.81. The van der Waals surface area contributed by atoms with E-state index < -0.39 is 9.84 Å². The van der Waals surface area contributed by atoms with Crippen LogP contribution in [0.5, 0.6) is 0 Å². The van der Waals surface area contributed by atoms with Crippen LogP contribution in [0.15, 0.2) is 58.4 Å². The number of aliphatic imine (C=N–C) groups is 1. The summed E-state index contributed by atoms with van der Waals surface area (Å²) >= 11 is 0. The molecule has 0 radical (unpaired) electrons. The second kappa shape index (κ2) is 10.5.